The Morgan fingerprint density at radius 2 is 2.00 bits per heavy atom. The summed E-state index contributed by atoms with van der Waals surface area (Å²) in [6, 6.07) is 10.4. The molecule has 0 spiro atoms. The van der Waals surface area contributed by atoms with Crippen molar-refractivity contribution in [3.63, 3.8) is 0 Å². The molecule has 1 aliphatic rings. The molecule has 21 heavy (non-hydrogen) atoms. The number of nitrogens with two attached hydrogens (primary N) is 1. The Hall–Kier alpha value is -1.65. The molecule has 0 saturated carbocycles. The Kier molecular flexibility index (Phi) is 4.68. The van der Waals surface area contributed by atoms with Gasteiger partial charge in [0.1, 0.15) is 0 Å². The second-order valence-electron chi connectivity index (χ2n) is 5.82. The highest BCUT2D eigenvalue weighted by Gasteiger charge is 2.18. The van der Waals surface area contributed by atoms with E-state index in [-0.39, 0.29) is 6.04 Å². The zero-order valence-electron chi connectivity index (χ0n) is 12.3. The number of imidazole rings is 1. The maximum Gasteiger partial charge on any atom is 0.0948 e. The Labute approximate surface area is 125 Å². The lowest BCUT2D eigenvalue weighted by Crippen LogP contribution is -2.23. The molecule has 1 aliphatic heterocycles. The first-order valence-corrected chi connectivity index (χ1v) is 7.70. The van der Waals surface area contributed by atoms with Crippen molar-refractivity contribution in [3.8, 4) is 0 Å². The molecule has 1 saturated heterocycles. The van der Waals surface area contributed by atoms with Crippen LogP contribution in [0.4, 0.5) is 0 Å². The maximum absolute atomic E-state index is 6.39. The van der Waals surface area contributed by atoms with Crippen molar-refractivity contribution in [2.75, 3.05) is 13.2 Å². The lowest BCUT2D eigenvalue weighted by atomic mass is 9.99. The summed E-state index contributed by atoms with van der Waals surface area (Å²) in [5.74, 6) is 0.677. The molecule has 0 radical (unpaired) electrons. The third-order valence-corrected chi connectivity index (χ3v) is 4.22. The van der Waals surface area contributed by atoms with Crippen LogP contribution < -0.4 is 5.73 Å². The average Bonchev–Trinajstić information content (AvgIpc) is 2.97. The van der Waals surface area contributed by atoms with Gasteiger partial charge in [-0.25, -0.2) is 4.98 Å². The summed E-state index contributed by atoms with van der Waals surface area (Å²) in [6.45, 7) is 2.76. The van der Waals surface area contributed by atoms with Gasteiger partial charge in [0.05, 0.1) is 18.1 Å². The molecule has 2 heterocycles. The Bertz CT molecular complexity index is 546. The fourth-order valence-electron chi connectivity index (χ4n) is 2.97. The highest BCUT2D eigenvalue weighted by molar-refractivity contribution is 5.18. The fourth-order valence-corrected chi connectivity index (χ4v) is 2.97. The van der Waals surface area contributed by atoms with Crippen molar-refractivity contribution in [2.45, 2.75) is 31.8 Å². The van der Waals surface area contributed by atoms with E-state index in [4.69, 9.17) is 10.5 Å². The fraction of sp³-hybridized carbons (Fsp3) is 0.471. The number of aromatic nitrogens is 2. The minimum Gasteiger partial charge on any atom is -0.381 e. The molecule has 2 aromatic rings. The van der Waals surface area contributed by atoms with E-state index in [0.717, 1.165) is 44.7 Å². The van der Waals surface area contributed by atoms with Gasteiger partial charge in [0.15, 0.2) is 0 Å². The van der Waals surface area contributed by atoms with Crippen molar-refractivity contribution in [3.05, 3.63) is 54.1 Å². The van der Waals surface area contributed by atoms with Gasteiger partial charge >= 0.3 is 0 Å². The number of rotatable bonds is 5. The monoisotopic (exact) mass is 285 g/mol. The third-order valence-electron chi connectivity index (χ3n) is 4.22. The Morgan fingerprint density at radius 1 is 1.24 bits per heavy atom. The highest BCUT2D eigenvalue weighted by Crippen LogP contribution is 2.21. The first-order valence-electron chi connectivity index (χ1n) is 7.70. The zero-order valence-corrected chi connectivity index (χ0v) is 12.3. The van der Waals surface area contributed by atoms with Crippen LogP contribution >= 0.6 is 0 Å². The van der Waals surface area contributed by atoms with E-state index in [0.29, 0.717) is 5.92 Å². The van der Waals surface area contributed by atoms with Crippen LogP contribution in [-0.4, -0.2) is 22.8 Å². The van der Waals surface area contributed by atoms with Gasteiger partial charge < -0.3 is 15.0 Å². The van der Waals surface area contributed by atoms with Crippen molar-refractivity contribution in [1.82, 2.24) is 9.55 Å². The Balaban J connectivity index is 1.66. The normalized spacial score (nSPS) is 17.8. The van der Waals surface area contributed by atoms with E-state index in [1.54, 1.807) is 0 Å². The third kappa shape index (κ3) is 3.71. The lowest BCUT2D eigenvalue weighted by Gasteiger charge is -2.24. The zero-order chi connectivity index (χ0) is 14.5. The Morgan fingerprint density at radius 3 is 2.76 bits per heavy atom. The minimum absolute atomic E-state index is 0.00487. The van der Waals surface area contributed by atoms with E-state index >= 15 is 0 Å². The molecule has 1 aromatic heterocycles. The largest absolute Gasteiger partial charge is 0.381 e. The van der Waals surface area contributed by atoms with E-state index in [1.807, 2.05) is 18.6 Å². The minimum atomic E-state index is -0.00487. The van der Waals surface area contributed by atoms with E-state index in [1.165, 1.54) is 5.56 Å². The maximum atomic E-state index is 6.39. The van der Waals surface area contributed by atoms with E-state index in [9.17, 15) is 0 Å². The molecule has 1 aromatic carbocycles. The number of benzene rings is 1. The summed E-state index contributed by atoms with van der Waals surface area (Å²) in [4.78, 5) is 4.30. The van der Waals surface area contributed by atoms with Crippen LogP contribution in [0.3, 0.4) is 0 Å². The molecule has 2 N–H and O–H groups in total. The second kappa shape index (κ2) is 6.87. The average molecular weight is 285 g/mol. The molecule has 0 aliphatic carbocycles. The summed E-state index contributed by atoms with van der Waals surface area (Å²) < 4.78 is 7.65. The van der Waals surface area contributed by atoms with Crippen LogP contribution in [0.1, 0.15) is 30.1 Å². The molecule has 4 nitrogen and oxygen atoms in total. The summed E-state index contributed by atoms with van der Waals surface area (Å²) in [5, 5.41) is 0. The van der Waals surface area contributed by atoms with Crippen LogP contribution in [0.15, 0.2) is 42.9 Å². The molecule has 3 rings (SSSR count). The van der Waals surface area contributed by atoms with Crippen LogP contribution in [0, 0.1) is 5.92 Å². The molecule has 0 amide bonds. The number of hydrogen-bond donors (Lipinski definition) is 1. The molecule has 0 unspecified atom stereocenters. The number of ether oxygens (including phenoxy) is 1. The second-order valence-corrected chi connectivity index (χ2v) is 5.82. The van der Waals surface area contributed by atoms with Crippen molar-refractivity contribution in [2.24, 2.45) is 11.7 Å². The van der Waals surface area contributed by atoms with E-state index < -0.39 is 0 Å². The summed E-state index contributed by atoms with van der Waals surface area (Å²) in [7, 11) is 0. The SMILES string of the molecule is N[C@H](Cc1ccccc1)c1cncn1CC1CCOCC1. The van der Waals surface area contributed by atoms with Crippen molar-refractivity contribution >= 4 is 0 Å². The molecule has 0 bridgehead atoms. The summed E-state index contributed by atoms with van der Waals surface area (Å²) in [5.41, 5.74) is 8.79. The standard InChI is InChI=1S/C17H23N3O/c18-16(10-14-4-2-1-3-5-14)17-11-19-13-20(17)12-15-6-8-21-9-7-15/h1-5,11,13,15-16H,6-10,12,18H2/t16-/m1/s1. The molecule has 1 atom stereocenters. The van der Waals surface area contributed by atoms with Gasteiger partial charge in [-0.2, -0.15) is 0 Å². The number of nitrogens with zero attached hydrogens (tertiary/aromatic N) is 2. The van der Waals surface area contributed by atoms with Gasteiger partial charge in [-0.3, -0.25) is 0 Å². The topological polar surface area (TPSA) is 53.1 Å². The van der Waals surface area contributed by atoms with Crippen molar-refractivity contribution < 1.29 is 4.74 Å². The molecule has 4 heteroatoms. The van der Waals surface area contributed by atoms with Crippen LogP contribution in [0.5, 0.6) is 0 Å². The van der Waals surface area contributed by atoms with Gasteiger partial charge in [-0.15, -0.1) is 0 Å². The van der Waals surface area contributed by atoms with Gasteiger partial charge in [-0.05, 0) is 30.7 Å². The molecular formula is C17H23N3O. The smallest absolute Gasteiger partial charge is 0.0948 e. The highest BCUT2D eigenvalue weighted by atomic mass is 16.5. The molecule has 112 valence electrons. The first kappa shape index (κ1) is 14.3. The van der Waals surface area contributed by atoms with Crippen LogP contribution in [0.25, 0.3) is 0 Å². The molecular weight excluding hydrogens is 262 g/mol. The first-order chi connectivity index (χ1) is 10.3. The predicted molar refractivity (Wildman–Crippen MR) is 82.8 cm³/mol. The van der Waals surface area contributed by atoms with Crippen LogP contribution in [0.2, 0.25) is 0 Å². The number of hydrogen-bond acceptors (Lipinski definition) is 3. The predicted octanol–water partition coefficient (Wildman–Crippen LogP) is 2.55. The summed E-state index contributed by atoms with van der Waals surface area (Å²) in [6.07, 6.45) is 6.93. The van der Waals surface area contributed by atoms with Crippen LogP contribution in [-0.2, 0) is 17.7 Å². The van der Waals surface area contributed by atoms with E-state index in [2.05, 4.69) is 33.8 Å². The summed E-state index contributed by atoms with van der Waals surface area (Å²) >= 11 is 0. The van der Waals surface area contributed by atoms with Crippen molar-refractivity contribution in [1.29, 1.82) is 0 Å². The van der Waals surface area contributed by atoms with Gasteiger partial charge in [0.25, 0.3) is 0 Å². The van der Waals surface area contributed by atoms with Gasteiger partial charge in [0.2, 0.25) is 0 Å². The lowest BCUT2D eigenvalue weighted by molar-refractivity contribution is 0.0609. The molecule has 1 fully saturated rings. The quantitative estimate of drug-likeness (QED) is 0.918. The van der Waals surface area contributed by atoms with Gasteiger partial charge in [0, 0.05) is 26.0 Å². The van der Waals surface area contributed by atoms with Gasteiger partial charge in [-0.1, -0.05) is 30.3 Å².